The van der Waals surface area contributed by atoms with E-state index in [0.29, 0.717) is 0 Å². The highest BCUT2D eigenvalue weighted by atomic mass is 79.9. The van der Waals surface area contributed by atoms with Gasteiger partial charge in [0, 0.05) is 18.0 Å². The van der Waals surface area contributed by atoms with Crippen molar-refractivity contribution in [3.63, 3.8) is 0 Å². The van der Waals surface area contributed by atoms with Gasteiger partial charge in [-0.3, -0.25) is 0 Å². The van der Waals surface area contributed by atoms with E-state index in [-0.39, 0.29) is 0 Å². The third kappa shape index (κ3) is 3.23. The standard InChI is InChI=1S/C12H21BrO/c13-12-4-3-11(9-12)2-1-10-5-7-14-8-6-10/h10-12H,1-9H2. The van der Waals surface area contributed by atoms with Crippen LogP contribution in [0.3, 0.4) is 0 Å². The maximum atomic E-state index is 5.38. The van der Waals surface area contributed by atoms with Crippen LogP contribution in [-0.4, -0.2) is 18.0 Å². The Balaban J connectivity index is 1.61. The molecule has 2 heteroatoms. The lowest BCUT2D eigenvalue weighted by atomic mass is 9.90. The smallest absolute Gasteiger partial charge is 0.0468 e. The van der Waals surface area contributed by atoms with Crippen LogP contribution in [0, 0.1) is 11.8 Å². The van der Waals surface area contributed by atoms with Crippen molar-refractivity contribution in [2.45, 2.75) is 49.8 Å². The minimum absolute atomic E-state index is 0.821. The Hall–Kier alpha value is 0.440. The molecule has 1 saturated heterocycles. The van der Waals surface area contributed by atoms with Gasteiger partial charge in [-0.1, -0.05) is 28.8 Å². The summed E-state index contributed by atoms with van der Waals surface area (Å²) in [5, 5.41) is 0. The molecule has 1 heterocycles. The summed E-state index contributed by atoms with van der Waals surface area (Å²) in [7, 11) is 0. The fourth-order valence-electron chi connectivity index (χ4n) is 2.78. The topological polar surface area (TPSA) is 9.23 Å². The second-order valence-corrected chi connectivity index (χ2v) is 6.20. The zero-order chi connectivity index (χ0) is 9.80. The Morgan fingerprint density at radius 2 is 1.64 bits per heavy atom. The molecule has 0 aromatic carbocycles. The quantitative estimate of drug-likeness (QED) is 0.703. The van der Waals surface area contributed by atoms with Gasteiger partial charge in [0.1, 0.15) is 0 Å². The average Bonchev–Trinajstić information content (AvgIpc) is 2.63. The molecule has 0 N–H and O–H groups in total. The highest BCUT2D eigenvalue weighted by Gasteiger charge is 2.23. The normalized spacial score (nSPS) is 34.9. The van der Waals surface area contributed by atoms with Crippen molar-refractivity contribution < 1.29 is 4.74 Å². The van der Waals surface area contributed by atoms with Gasteiger partial charge in [0.05, 0.1) is 0 Å². The molecule has 1 aliphatic carbocycles. The van der Waals surface area contributed by atoms with E-state index in [2.05, 4.69) is 15.9 Å². The number of halogens is 1. The number of hydrogen-bond donors (Lipinski definition) is 0. The van der Waals surface area contributed by atoms with Crippen LogP contribution in [0.1, 0.15) is 44.9 Å². The summed E-state index contributed by atoms with van der Waals surface area (Å²) in [6.07, 6.45) is 9.82. The molecule has 0 radical (unpaired) electrons. The molecule has 0 amide bonds. The molecule has 2 rings (SSSR count). The molecule has 2 atom stereocenters. The third-order valence-corrected chi connectivity index (χ3v) is 4.63. The Morgan fingerprint density at radius 1 is 0.929 bits per heavy atom. The average molecular weight is 261 g/mol. The van der Waals surface area contributed by atoms with Crippen molar-refractivity contribution in [3.8, 4) is 0 Å². The zero-order valence-corrected chi connectivity index (χ0v) is 10.5. The molecule has 0 aromatic rings. The lowest BCUT2D eigenvalue weighted by molar-refractivity contribution is 0.0619. The maximum absolute atomic E-state index is 5.38. The largest absolute Gasteiger partial charge is 0.381 e. The molecular formula is C12H21BrO. The van der Waals surface area contributed by atoms with E-state index in [1.165, 1.54) is 44.9 Å². The van der Waals surface area contributed by atoms with E-state index >= 15 is 0 Å². The Morgan fingerprint density at radius 3 is 2.29 bits per heavy atom. The molecule has 0 bridgehead atoms. The van der Waals surface area contributed by atoms with Crippen molar-refractivity contribution in [3.05, 3.63) is 0 Å². The predicted octanol–water partition coefficient (Wildman–Crippen LogP) is 3.76. The second-order valence-electron chi connectivity index (χ2n) is 4.91. The number of rotatable bonds is 3. The van der Waals surface area contributed by atoms with Gasteiger partial charge in [0.25, 0.3) is 0 Å². The summed E-state index contributed by atoms with van der Waals surface area (Å²) in [4.78, 5) is 0.821. The summed E-state index contributed by atoms with van der Waals surface area (Å²) >= 11 is 3.72. The molecule has 0 spiro atoms. The van der Waals surface area contributed by atoms with Gasteiger partial charge in [-0.25, -0.2) is 0 Å². The summed E-state index contributed by atoms with van der Waals surface area (Å²) in [5.41, 5.74) is 0. The first-order valence-corrected chi connectivity index (χ1v) is 6.98. The van der Waals surface area contributed by atoms with Crippen LogP contribution in [0.15, 0.2) is 0 Å². The van der Waals surface area contributed by atoms with Crippen LogP contribution in [0.4, 0.5) is 0 Å². The van der Waals surface area contributed by atoms with E-state index < -0.39 is 0 Å². The van der Waals surface area contributed by atoms with Crippen molar-refractivity contribution >= 4 is 15.9 Å². The van der Waals surface area contributed by atoms with Gasteiger partial charge in [-0.2, -0.15) is 0 Å². The van der Waals surface area contributed by atoms with Crippen LogP contribution in [0.5, 0.6) is 0 Å². The number of ether oxygens (including phenoxy) is 1. The van der Waals surface area contributed by atoms with E-state index in [9.17, 15) is 0 Å². The van der Waals surface area contributed by atoms with Gasteiger partial charge < -0.3 is 4.74 Å². The van der Waals surface area contributed by atoms with E-state index in [0.717, 1.165) is 29.9 Å². The highest BCUT2D eigenvalue weighted by Crippen LogP contribution is 2.35. The molecular weight excluding hydrogens is 240 g/mol. The molecule has 1 saturated carbocycles. The monoisotopic (exact) mass is 260 g/mol. The molecule has 2 unspecified atom stereocenters. The molecule has 1 aliphatic heterocycles. The van der Waals surface area contributed by atoms with Crippen molar-refractivity contribution in [2.24, 2.45) is 11.8 Å². The van der Waals surface area contributed by atoms with Gasteiger partial charge in [0.15, 0.2) is 0 Å². The van der Waals surface area contributed by atoms with E-state index in [1.807, 2.05) is 0 Å². The number of hydrogen-bond acceptors (Lipinski definition) is 1. The van der Waals surface area contributed by atoms with E-state index in [4.69, 9.17) is 4.74 Å². The van der Waals surface area contributed by atoms with Gasteiger partial charge >= 0.3 is 0 Å². The highest BCUT2D eigenvalue weighted by molar-refractivity contribution is 9.09. The molecule has 0 aromatic heterocycles. The summed E-state index contributed by atoms with van der Waals surface area (Å²) in [6.45, 7) is 2.02. The predicted molar refractivity (Wildman–Crippen MR) is 62.8 cm³/mol. The summed E-state index contributed by atoms with van der Waals surface area (Å²) in [6, 6.07) is 0. The zero-order valence-electron chi connectivity index (χ0n) is 8.88. The minimum Gasteiger partial charge on any atom is -0.381 e. The molecule has 2 fully saturated rings. The molecule has 1 nitrogen and oxygen atoms in total. The van der Waals surface area contributed by atoms with E-state index in [1.54, 1.807) is 0 Å². The first-order valence-electron chi connectivity index (χ1n) is 6.06. The minimum atomic E-state index is 0.821. The lowest BCUT2D eigenvalue weighted by Gasteiger charge is -2.23. The first kappa shape index (κ1) is 10.9. The van der Waals surface area contributed by atoms with Crippen LogP contribution >= 0.6 is 15.9 Å². The summed E-state index contributed by atoms with van der Waals surface area (Å²) < 4.78 is 5.38. The Kier molecular flexibility index (Phi) is 4.30. The Labute approximate surface area is 95.7 Å². The lowest BCUT2D eigenvalue weighted by Crippen LogP contribution is -2.16. The van der Waals surface area contributed by atoms with Crippen molar-refractivity contribution in [2.75, 3.05) is 13.2 Å². The summed E-state index contributed by atoms with van der Waals surface area (Å²) in [5.74, 6) is 1.99. The third-order valence-electron chi connectivity index (χ3n) is 3.80. The van der Waals surface area contributed by atoms with Gasteiger partial charge in [-0.15, -0.1) is 0 Å². The fraction of sp³-hybridized carbons (Fsp3) is 1.00. The molecule has 14 heavy (non-hydrogen) atoms. The SMILES string of the molecule is BrC1CCC(CCC2CCOCC2)C1. The van der Waals surface area contributed by atoms with Crippen LogP contribution in [-0.2, 0) is 4.74 Å². The van der Waals surface area contributed by atoms with Crippen LogP contribution < -0.4 is 0 Å². The fourth-order valence-corrected chi connectivity index (χ4v) is 3.58. The number of alkyl halides is 1. The maximum Gasteiger partial charge on any atom is 0.0468 e. The first-order chi connectivity index (χ1) is 6.84. The Bertz CT molecular complexity index is 161. The molecule has 2 aliphatic rings. The van der Waals surface area contributed by atoms with Crippen LogP contribution in [0.2, 0.25) is 0 Å². The van der Waals surface area contributed by atoms with Gasteiger partial charge in [0.2, 0.25) is 0 Å². The van der Waals surface area contributed by atoms with Crippen LogP contribution in [0.25, 0.3) is 0 Å². The van der Waals surface area contributed by atoms with Gasteiger partial charge in [-0.05, 0) is 43.9 Å². The second kappa shape index (κ2) is 5.50. The van der Waals surface area contributed by atoms with Crippen molar-refractivity contribution in [1.82, 2.24) is 0 Å². The van der Waals surface area contributed by atoms with Crippen molar-refractivity contribution in [1.29, 1.82) is 0 Å². The molecule has 82 valence electrons.